The molecule has 0 bridgehead atoms. The molecule has 0 aliphatic carbocycles. The third-order valence-electron chi connectivity index (χ3n) is 4.74. The van der Waals surface area contributed by atoms with Gasteiger partial charge in [-0.1, -0.05) is 42.1 Å². The Morgan fingerprint density at radius 3 is 2.86 bits per heavy atom. The number of nitrogens with zero attached hydrogens (tertiary/aromatic N) is 1. The highest BCUT2D eigenvalue weighted by Gasteiger charge is 2.25. The van der Waals surface area contributed by atoms with E-state index >= 15 is 0 Å². The minimum absolute atomic E-state index is 0.160. The number of aliphatic imine (C=N–C) groups is 1. The van der Waals surface area contributed by atoms with E-state index in [4.69, 9.17) is 19.9 Å². The van der Waals surface area contributed by atoms with Crippen LogP contribution >= 0.6 is 11.8 Å². The molecule has 0 aromatic heterocycles. The standard InChI is InChI=1S/C21H23FN2O3S/c22-17-9-15-12-26-20(14-5-2-1-3-6-14)27-19(15)16(10-17)13-28-21(23)24-11-18-7-4-8-25-18/h1-3,5-6,9-10,18,20H,4,7-8,11-13H2,(H2,23,24)/t18-,20+/m0/s1. The zero-order valence-electron chi connectivity index (χ0n) is 15.5. The molecule has 0 unspecified atom stereocenters. The van der Waals surface area contributed by atoms with Crippen LogP contribution in [0.3, 0.4) is 0 Å². The van der Waals surface area contributed by atoms with Crippen molar-refractivity contribution in [3.63, 3.8) is 0 Å². The van der Waals surface area contributed by atoms with Gasteiger partial charge in [0.15, 0.2) is 5.17 Å². The number of rotatable bonds is 5. The fraction of sp³-hybridized carbons (Fsp3) is 0.381. The molecule has 0 radical (unpaired) electrons. The van der Waals surface area contributed by atoms with E-state index in [1.807, 2.05) is 30.3 Å². The number of halogens is 1. The zero-order chi connectivity index (χ0) is 19.3. The van der Waals surface area contributed by atoms with E-state index in [9.17, 15) is 4.39 Å². The van der Waals surface area contributed by atoms with Crippen LogP contribution in [0.5, 0.6) is 5.75 Å². The first-order valence-corrected chi connectivity index (χ1v) is 10.4. The number of hydrogen-bond acceptors (Lipinski definition) is 5. The first kappa shape index (κ1) is 19.2. The van der Waals surface area contributed by atoms with Crippen molar-refractivity contribution in [2.45, 2.75) is 37.6 Å². The molecule has 2 heterocycles. The van der Waals surface area contributed by atoms with E-state index in [-0.39, 0.29) is 11.9 Å². The van der Waals surface area contributed by atoms with Crippen LogP contribution in [0.1, 0.15) is 35.8 Å². The minimum atomic E-state index is -0.506. The quantitative estimate of drug-likeness (QED) is 0.601. The van der Waals surface area contributed by atoms with Crippen molar-refractivity contribution in [2.24, 2.45) is 10.7 Å². The minimum Gasteiger partial charge on any atom is -0.460 e. The van der Waals surface area contributed by atoms with Crippen LogP contribution in [0.4, 0.5) is 4.39 Å². The fourth-order valence-corrected chi connectivity index (χ4v) is 4.02. The van der Waals surface area contributed by atoms with Crippen molar-refractivity contribution in [2.75, 3.05) is 13.2 Å². The Balaban J connectivity index is 1.45. The molecule has 4 rings (SSSR count). The summed E-state index contributed by atoms with van der Waals surface area (Å²) < 4.78 is 31.4. The van der Waals surface area contributed by atoms with Crippen LogP contribution in [-0.2, 0) is 21.8 Å². The summed E-state index contributed by atoms with van der Waals surface area (Å²) in [6.45, 7) is 1.66. The van der Waals surface area contributed by atoms with Crippen LogP contribution in [0, 0.1) is 5.82 Å². The maximum absolute atomic E-state index is 14.1. The van der Waals surface area contributed by atoms with Gasteiger partial charge in [0.25, 0.3) is 0 Å². The van der Waals surface area contributed by atoms with Crippen molar-refractivity contribution in [1.29, 1.82) is 0 Å². The van der Waals surface area contributed by atoms with Crippen LogP contribution in [0.25, 0.3) is 0 Å². The summed E-state index contributed by atoms with van der Waals surface area (Å²) in [7, 11) is 0. The van der Waals surface area contributed by atoms with E-state index in [0.717, 1.165) is 30.6 Å². The fourth-order valence-electron chi connectivity index (χ4n) is 3.34. The van der Waals surface area contributed by atoms with Crippen molar-refractivity contribution < 1.29 is 18.6 Å². The predicted molar refractivity (Wildman–Crippen MR) is 108 cm³/mol. The smallest absolute Gasteiger partial charge is 0.227 e. The molecule has 0 saturated carbocycles. The molecular formula is C21H23FN2O3S. The lowest BCUT2D eigenvalue weighted by Crippen LogP contribution is -2.19. The molecule has 0 spiro atoms. The van der Waals surface area contributed by atoms with Gasteiger partial charge >= 0.3 is 0 Å². The first-order valence-electron chi connectivity index (χ1n) is 9.38. The van der Waals surface area contributed by atoms with E-state index in [1.54, 1.807) is 0 Å². The maximum Gasteiger partial charge on any atom is 0.227 e. The van der Waals surface area contributed by atoms with E-state index in [1.165, 1.54) is 23.9 Å². The summed E-state index contributed by atoms with van der Waals surface area (Å²) in [6, 6.07) is 12.7. The largest absolute Gasteiger partial charge is 0.460 e. The first-order chi connectivity index (χ1) is 13.7. The summed E-state index contributed by atoms with van der Waals surface area (Å²) >= 11 is 1.38. The predicted octanol–water partition coefficient (Wildman–Crippen LogP) is 4.16. The van der Waals surface area contributed by atoms with Gasteiger partial charge in [0, 0.05) is 29.1 Å². The normalized spacial score (nSPS) is 22.0. The lowest BCUT2D eigenvalue weighted by atomic mass is 10.1. The SMILES string of the molecule is NC(=NC[C@@H]1CCCO1)SCc1cc(F)cc2c1O[C@H](c1ccccc1)OC2. The van der Waals surface area contributed by atoms with Gasteiger partial charge in [-0.2, -0.15) is 0 Å². The molecule has 2 atom stereocenters. The summed E-state index contributed by atoms with van der Waals surface area (Å²) in [5, 5.41) is 0.472. The number of amidine groups is 1. The van der Waals surface area contributed by atoms with Crippen molar-refractivity contribution in [3.8, 4) is 5.75 Å². The molecular weight excluding hydrogens is 379 g/mol. The second-order valence-electron chi connectivity index (χ2n) is 6.83. The highest BCUT2D eigenvalue weighted by Crippen LogP contribution is 2.37. The Kier molecular flexibility index (Phi) is 6.14. The zero-order valence-corrected chi connectivity index (χ0v) is 16.3. The summed E-state index contributed by atoms with van der Waals surface area (Å²) in [5.41, 5.74) is 8.41. The van der Waals surface area contributed by atoms with Gasteiger partial charge in [-0.15, -0.1) is 0 Å². The highest BCUT2D eigenvalue weighted by molar-refractivity contribution is 8.13. The Hall–Kier alpha value is -2.09. The van der Waals surface area contributed by atoms with Crippen LogP contribution in [-0.4, -0.2) is 24.4 Å². The molecule has 2 aromatic rings. The molecule has 5 nitrogen and oxygen atoms in total. The van der Waals surface area contributed by atoms with Gasteiger partial charge in [-0.05, 0) is 25.0 Å². The third-order valence-corrected chi connectivity index (χ3v) is 5.62. The number of thioether (sulfide) groups is 1. The van der Waals surface area contributed by atoms with Gasteiger partial charge in [0.05, 0.1) is 19.3 Å². The molecule has 2 aliphatic heterocycles. The Bertz CT molecular complexity index is 841. The Labute approximate surface area is 168 Å². The summed E-state index contributed by atoms with van der Waals surface area (Å²) in [5.74, 6) is 0.832. The topological polar surface area (TPSA) is 66.1 Å². The Morgan fingerprint density at radius 1 is 1.21 bits per heavy atom. The second kappa shape index (κ2) is 8.94. The van der Waals surface area contributed by atoms with E-state index in [2.05, 4.69) is 4.99 Å². The van der Waals surface area contributed by atoms with Crippen molar-refractivity contribution in [3.05, 3.63) is 65.0 Å². The number of hydrogen-bond donors (Lipinski definition) is 1. The molecule has 2 aromatic carbocycles. The number of nitrogens with two attached hydrogens (primary N) is 1. The molecule has 28 heavy (non-hydrogen) atoms. The van der Waals surface area contributed by atoms with Crippen molar-refractivity contribution in [1.82, 2.24) is 0 Å². The van der Waals surface area contributed by atoms with E-state index in [0.29, 0.717) is 35.4 Å². The van der Waals surface area contributed by atoms with Crippen LogP contribution in [0.15, 0.2) is 47.5 Å². The van der Waals surface area contributed by atoms with Gasteiger partial charge in [-0.25, -0.2) is 4.39 Å². The Morgan fingerprint density at radius 2 is 2.07 bits per heavy atom. The van der Waals surface area contributed by atoms with Crippen molar-refractivity contribution >= 4 is 16.9 Å². The lowest BCUT2D eigenvalue weighted by molar-refractivity contribution is -0.112. The molecule has 1 saturated heterocycles. The highest BCUT2D eigenvalue weighted by atomic mass is 32.2. The molecule has 7 heteroatoms. The van der Waals surface area contributed by atoms with Gasteiger partial charge in [-0.3, -0.25) is 4.99 Å². The average molecular weight is 402 g/mol. The van der Waals surface area contributed by atoms with Gasteiger partial charge < -0.3 is 19.9 Å². The second-order valence-corrected chi connectivity index (χ2v) is 7.82. The van der Waals surface area contributed by atoms with E-state index < -0.39 is 6.29 Å². The van der Waals surface area contributed by atoms with Gasteiger partial charge in [0.2, 0.25) is 6.29 Å². The number of ether oxygens (including phenoxy) is 3. The summed E-state index contributed by atoms with van der Waals surface area (Å²) in [4.78, 5) is 4.39. The summed E-state index contributed by atoms with van der Waals surface area (Å²) in [6.07, 6.45) is 1.75. The maximum atomic E-state index is 14.1. The van der Waals surface area contributed by atoms with Crippen LogP contribution < -0.4 is 10.5 Å². The molecule has 0 amide bonds. The molecule has 2 N–H and O–H groups in total. The molecule has 2 aliphatic rings. The monoisotopic (exact) mass is 402 g/mol. The average Bonchev–Trinajstić information content (AvgIpc) is 3.24. The third kappa shape index (κ3) is 4.66. The number of fused-ring (bicyclic) bond motifs is 1. The molecule has 1 fully saturated rings. The van der Waals surface area contributed by atoms with Crippen LogP contribution in [0.2, 0.25) is 0 Å². The molecule has 148 valence electrons. The number of benzene rings is 2. The van der Waals surface area contributed by atoms with Gasteiger partial charge in [0.1, 0.15) is 11.6 Å². The lowest BCUT2D eigenvalue weighted by Gasteiger charge is -2.28.